The van der Waals surface area contributed by atoms with Crippen LogP contribution >= 0.6 is 0 Å². The van der Waals surface area contributed by atoms with Gasteiger partial charge in [-0.3, -0.25) is 0 Å². The van der Waals surface area contributed by atoms with E-state index in [1.54, 1.807) is 20.9 Å². The van der Waals surface area contributed by atoms with Gasteiger partial charge in [-0.15, -0.1) is 0 Å². The highest BCUT2D eigenvalue weighted by molar-refractivity contribution is 7.86. The minimum absolute atomic E-state index is 0.0979. The molecule has 1 fully saturated rings. The molecule has 0 unspecified atom stereocenters. The summed E-state index contributed by atoms with van der Waals surface area (Å²) in [7, 11) is -0.321. The van der Waals surface area contributed by atoms with Crippen molar-refractivity contribution in [1.82, 2.24) is 8.61 Å². The van der Waals surface area contributed by atoms with Crippen LogP contribution in [0, 0.1) is 0 Å². The summed E-state index contributed by atoms with van der Waals surface area (Å²) in [5, 5.41) is 9.30. The van der Waals surface area contributed by atoms with Crippen LogP contribution < -0.4 is 0 Å². The van der Waals surface area contributed by atoms with Gasteiger partial charge in [0.25, 0.3) is 10.2 Å². The zero-order chi connectivity index (χ0) is 14.0. The van der Waals surface area contributed by atoms with Crippen LogP contribution in [0.3, 0.4) is 0 Å². The summed E-state index contributed by atoms with van der Waals surface area (Å²) in [5.74, 6) is 0. The van der Waals surface area contributed by atoms with Crippen molar-refractivity contribution in [3.63, 3.8) is 0 Å². The lowest BCUT2D eigenvalue weighted by Gasteiger charge is -2.39. The normalized spacial score (nSPS) is 19.7. The van der Waals surface area contributed by atoms with Crippen LogP contribution in [0.4, 0.5) is 0 Å². The highest BCUT2D eigenvalue weighted by Crippen LogP contribution is 2.26. The first-order chi connectivity index (χ1) is 8.23. The quantitative estimate of drug-likeness (QED) is 0.822. The molecule has 1 saturated carbocycles. The van der Waals surface area contributed by atoms with Gasteiger partial charge in [-0.2, -0.15) is 17.0 Å². The smallest absolute Gasteiger partial charge is 0.282 e. The molecule has 0 atom stereocenters. The number of hydrogen-bond acceptors (Lipinski definition) is 3. The van der Waals surface area contributed by atoms with E-state index in [9.17, 15) is 13.5 Å². The first kappa shape index (κ1) is 15.9. The first-order valence-electron chi connectivity index (χ1n) is 6.56. The predicted molar refractivity (Wildman–Crippen MR) is 72.5 cm³/mol. The molecule has 0 heterocycles. The molecule has 0 saturated heterocycles. The molecule has 1 aliphatic carbocycles. The fourth-order valence-electron chi connectivity index (χ4n) is 2.24. The molecule has 6 heteroatoms. The Morgan fingerprint density at radius 2 is 1.67 bits per heavy atom. The molecule has 0 spiro atoms. The maximum Gasteiger partial charge on any atom is 0.282 e. The van der Waals surface area contributed by atoms with E-state index < -0.39 is 15.7 Å². The van der Waals surface area contributed by atoms with Crippen LogP contribution in [0.1, 0.15) is 46.0 Å². The molecular formula is C12H26N2O3S. The van der Waals surface area contributed by atoms with E-state index >= 15 is 0 Å². The van der Waals surface area contributed by atoms with Crippen molar-refractivity contribution < 1.29 is 13.5 Å². The van der Waals surface area contributed by atoms with Crippen molar-refractivity contribution in [3.05, 3.63) is 0 Å². The average Bonchev–Trinajstić information content (AvgIpc) is 2.37. The Balaban J connectivity index is 2.85. The van der Waals surface area contributed by atoms with Crippen molar-refractivity contribution in [2.24, 2.45) is 0 Å². The van der Waals surface area contributed by atoms with Crippen molar-refractivity contribution >= 4 is 10.2 Å². The fourth-order valence-corrected chi connectivity index (χ4v) is 3.89. The Bertz CT molecular complexity index is 362. The number of hydrogen-bond donors (Lipinski definition) is 1. The Hall–Kier alpha value is -0.170. The summed E-state index contributed by atoms with van der Waals surface area (Å²) in [5.41, 5.74) is -0.776. The van der Waals surface area contributed by atoms with E-state index in [0.29, 0.717) is 0 Å². The topological polar surface area (TPSA) is 60.9 Å². The zero-order valence-electron chi connectivity index (χ0n) is 11.9. The van der Waals surface area contributed by atoms with Gasteiger partial charge in [-0.25, -0.2) is 0 Å². The van der Waals surface area contributed by atoms with Crippen molar-refractivity contribution in [2.45, 2.75) is 57.5 Å². The number of likely N-dealkylation sites (N-methyl/N-ethyl adjacent to an activating group) is 1. The molecule has 0 aromatic carbocycles. The van der Waals surface area contributed by atoms with Gasteiger partial charge in [0, 0.05) is 20.1 Å². The average molecular weight is 278 g/mol. The molecule has 0 amide bonds. The molecule has 108 valence electrons. The van der Waals surface area contributed by atoms with Crippen LogP contribution in [0.5, 0.6) is 0 Å². The summed E-state index contributed by atoms with van der Waals surface area (Å²) in [6.45, 7) is 3.25. The third kappa shape index (κ3) is 3.23. The summed E-state index contributed by atoms with van der Waals surface area (Å²) in [4.78, 5) is 0. The Morgan fingerprint density at radius 1 is 1.17 bits per heavy atom. The van der Waals surface area contributed by atoms with E-state index in [1.165, 1.54) is 22.1 Å². The minimum atomic E-state index is -3.50. The van der Waals surface area contributed by atoms with E-state index in [0.717, 1.165) is 25.7 Å². The lowest BCUT2D eigenvalue weighted by Crippen LogP contribution is -2.54. The standard InChI is InChI=1S/C12H26N2O3S/c1-12(2,10-15)14(4)18(16,17)13(3)11-8-6-5-7-9-11/h11,15H,5-10H2,1-4H3. The summed E-state index contributed by atoms with van der Waals surface area (Å²) < 4.78 is 27.7. The molecule has 0 radical (unpaired) electrons. The van der Waals surface area contributed by atoms with E-state index in [-0.39, 0.29) is 12.6 Å². The van der Waals surface area contributed by atoms with E-state index in [1.807, 2.05) is 0 Å². The minimum Gasteiger partial charge on any atom is -0.394 e. The molecule has 1 N–H and O–H groups in total. The maximum absolute atomic E-state index is 12.5. The van der Waals surface area contributed by atoms with Crippen molar-refractivity contribution in [2.75, 3.05) is 20.7 Å². The second-order valence-electron chi connectivity index (χ2n) is 5.75. The molecule has 5 nitrogen and oxygen atoms in total. The molecule has 0 aliphatic heterocycles. The van der Waals surface area contributed by atoms with E-state index in [2.05, 4.69) is 0 Å². The van der Waals surface area contributed by atoms with Crippen LogP contribution in [0.15, 0.2) is 0 Å². The Labute approximate surface area is 111 Å². The van der Waals surface area contributed by atoms with Gasteiger partial charge in [0.2, 0.25) is 0 Å². The van der Waals surface area contributed by atoms with Gasteiger partial charge < -0.3 is 5.11 Å². The SMILES string of the molecule is CN(C1CCCCC1)S(=O)(=O)N(C)C(C)(C)CO. The van der Waals surface area contributed by atoms with Gasteiger partial charge in [-0.1, -0.05) is 19.3 Å². The lowest BCUT2D eigenvalue weighted by molar-refractivity contribution is 0.129. The molecule has 1 aliphatic rings. The summed E-state index contributed by atoms with van der Waals surface area (Å²) in [6, 6.07) is 0.0979. The Morgan fingerprint density at radius 3 is 2.11 bits per heavy atom. The summed E-state index contributed by atoms with van der Waals surface area (Å²) >= 11 is 0. The van der Waals surface area contributed by atoms with Crippen LogP contribution in [0.25, 0.3) is 0 Å². The van der Waals surface area contributed by atoms with Crippen molar-refractivity contribution in [3.8, 4) is 0 Å². The zero-order valence-corrected chi connectivity index (χ0v) is 12.7. The van der Waals surface area contributed by atoms with Crippen LogP contribution in [-0.4, -0.2) is 54.4 Å². The molecule has 1 rings (SSSR count). The maximum atomic E-state index is 12.5. The molecule has 0 bridgehead atoms. The lowest BCUT2D eigenvalue weighted by atomic mass is 9.96. The van der Waals surface area contributed by atoms with Gasteiger partial charge >= 0.3 is 0 Å². The monoisotopic (exact) mass is 278 g/mol. The second-order valence-corrected chi connectivity index (χ2v) is 7.77. The highest BCUT2D eigenvalue weighted by Gasteiger charge is 2.37. The third-order valence-electron chi connectivity index (χ3n) is 4.04. The molecule has 0 aromatic rings. The molecule has 18 heavy (non-hydrogen) atoms. The highest BCUT2D eigenvalue weighted by atomic mass is 32.2. The number of nitrogens with zero attached hydrogens (tertiary/aromatic N) is 2. The van der Waals surface area contributed by atoms with Gasteiger partial charge in [0.05, 0.1) is 12.1 Å². The summed E-state index contributed by atoms with van der Waals surface area (Å²) in [6.07, 6.45) is 5.25. The number of aliphatic hydroxyl groups excluding tert-OH is 1. The third-order valence-corrected chi connectivity index (χ3v) is 6.25. The predicted octanol–water partition coefficient (Wildman–Crippen LogP) is 1.20. The van der Waals surface area contributed by atoms with E-state index in [4.69, 9.17) is 0 Å². The molecule has 0 aromatic heterocycles. The van der Waals surface area contributed by atoms with Gasteiger partial charge in [0.1, 0.15) is 0 Å². The van der Waals surface area contributed by atoms with Gasteiger partial charge in [-0.05, 0) is 26.7 Å². The second kappa shape index (κ2) is 5.86. The van der Waals surface area contributed by atoms with Gasteiger partial charge in [0.15, 0.2) is 0 Å². The largest absolute Gasteiger partial charge is 0.394 e. The Kier molecular flexibility index (Phi) is 5.17. The molecular weight excluding hydrogens is 252 g/mol. The first-order valence-corrected chi connectivity index (χ1v) is 7.96. The fraction of sp³-hybridized carbons (Fsp3) is 1.00. The number of rotatable bonds is 5. The van der Waals surface area contributed by atoms with Crippen LogP contribution in [-0.2, 0) is 10.2 Å². The number of aliphatic hydroxyl groups is 1. The van der Waals surface area contributed by atoms with Crippen LogP contribution in [0.2, 0.25) is 0 Å². The van der Waals surface area contributed by atoms with Crippen molar-refractivity contribution in [1.29, 1.82) is 0 Å².